The van der Waals surface area contributed by atoms with Gasteiger partial charge in [-0.25, -0.2) is 0 Å². The third kappa shape index (κ3) is 1.00. The second-order valence-electron chi connectivity index (χ2n) is 2.06. The Morgan fingerprint density at radius 3 is 2.70 bits per heavy atom. The van der Waals surface area contributed by atoms with E-state index in [4.69, 9.17) is 0 Å². The lowest BCUT2D eigenvalue weighted by atomic mass is 10.4. The molecule has 0 fully saturated rings. The molecule has 52 valence electrons. The van der Waals surface area contributed by atoms with Crippen LogP contribution in [-0.4, -0.2) is 17.4 Å². The van der Waals surface area contributed by atoms with Crippen LogP contribution in [0.15, 0.2) is 37.1 Å². The Morgan fingerprint density at radius 2 is 2.30 bits per heavy atom. The first-order chi connectivity index (χ1) is 4.75. The van der Waals surface area contributed by atoms with Gasteiger partial charge in [0.2, 0.25) is 0 Å². The zero-order valence-electron chi connectivity index (χ0n) is 5.71. The van der Waals surface area contributed by atoms with Crippen molar-refractivity contribution < 1.29 is 4.79 Å². The number of amides is 1. The molecule has 1 rings (SSSR count). The van der Waals surface area contributed by atoms with Crippen molar-refractivity contribution in [2.24, 2.45) is 0 Å². The van der Waals surface area contributed by atoms with E-state index in [2.05, 4.69) is 13.2 Å². The average molecular weight is 135 g/mol. The SMILES string of the molecule is C=CCN1C(=C)C=CC1=O. The van der Waals surface area contributed by atoms with Crippen LogP contribution in [0.2, 0.25) is 0 Å². The van der Waals surface area contributed by atoms with Crippen molar-refractivity contribution in [3.05, 3.63) is 37.1 Å². The first kappa shape index (κ1) is 6.81. The van der Waals surface area contributed by atoms with Crippen LogP contribution in [-0.2, 0) is 4.79 Å². The first-order valence-corrected chi connectivity index (χ1v) is 3.05. The van der Waals surface area contributed by atoms with Crippen LogP contribution >= 0.6 is 0 Å². The van der Waals surface area contributed by atoms with E-state index < -0.39 is 0 Å². The van der Waals surface area contributed by atoms with Gasteiger partial charge in [-0.05, 0) is 6.08 Å². The Bertz CT molecular complexity index is 197. The number of rotatable bonds is 2. The molecule has 1 aliphatic rings. The molecule has 0 bridgehead atoms. The Morgan fingerprint density at radius 1 is 1.60 bits per heavy atom. The van der Waals surface area contributed by atoms with Gasteiger partial charge in [-0.3, -0.25) is 4.79 Å². The molecular weight excluding hydrogens is 126 g/mol. The molecule has 0 radical (unpaired) electrons. The molecule has 0 spiro atoms. The summed E-state index contributed by atoms with van der Waals surface area (Å²) in [4.78, 5) is 12.5. The summed E-state index contributed by atoms with van der Waals surface area (Å²) in [7, 11) is 0. The highest BCUT2D eigenvalue weighted by molar-refractivity contribution is 5.93. The lowest BCUT2D eigenvalue weighted by Crippen LogP contribution is -2.23. The zero-order valence-corrected chi connectivity index (χ0v) is 5.71. The Labute approximate surface area is 60.1 Å². The molecule has 10 heavy (non-hydrogen) atoms. The largest absolute Gasteiger partial charge is 0.306 e. The van der Waals surface area contributed by atoms with Crippen molar-refractivity contribution in [3.8, 4) is 0 Å². The summed E-state index contributed by atoms with van der Waals surface area (Å²) in [6.45, 7) is 7.75. The van der Waals surface area contributed by atoms with E-state index in [0.717, 1.165) is 5.70 Å². The normalized spacial score (nSPS) is 16.6. The van der Waals surface area contributed by atoms with Crippen LogP contribution in [0, 0.1) is 0 Å². The van der Waals surface area contributed by atoms with Gasteiger partial charge in [0.1, 0.15) is 0 Å². The number of hydrogen-bond acceptors (Lipinski definition) is 1. The lowest BCUT2D eigenvalue weighted by molar-refractivity contribution is -0.122. The maximum absolute atomic E-state index is 10.9. The highest BCUT2D eigenvalue weighted by Crippen LogP contribution is 2.11. The van der Waals surface area contributed by atoms with Crippen LogP contribution in [0.25, 0.3) is 0 Å². The van der Waals surface area contributed by atoms with Crippen LogP contribution in [0.1, 0.15) is 0 Å². The van der Waals surface area contributed by atoms with Crippen molar-refractivity contribution in [3.63, 3.8) is 0 Å². The maximum Gasteiger partial charge on any atom is 0.251 e. The topological polar surface area (TPSA) is 20.3 Å². The highest BCUT2D eigenvalue weighted by Gasteiger charge is 2.15. The standard InChI is InChI=1S/C8H9NO/c1-3-6-9-7(2)4-5-8(9)10/h3-5H,1-2,6H2. The zero-order chi connectivity index (χ0) is 7.56. The number of allylic oxidation sites excluding steroid dienone is 1. The van der Waals surface area contributed by atoms with Crippen LogP contribution < -0.4 is 0 Å². The van der Waals surface area contributed by atoms with Crippen molar-refractivity contribution in [2.45, 2.75) is 0 Å². The second kappa shape index (κ2) is 2.52. The van der Waals surface area contributed by atoms with Gasteiger partial charge in [-0.2, -0.15) is 0 Å². The van der Waals surface area contributed by atoms with Gasteiger partial charge in [-0.1, -0.05) is 12.7 Å². The van der Waals surface area contributed by atoms with Crippen LogP contribution in [0.4, 0.5) is 0 Å². The van der Waals surface area contributed by atoms with Gasteiger partial charge in [0, 0.05) is 18.3 Å². The summed E-state index contributed by atoms with van der Waals surface area (Å²) in [5.74, 6) is -0.00935. The minimum Gasteiger partial charge on any atom is -0.306 e. The fourth-order valence-electron chi connectivity index (χ4n) is 0.825. The van der Waals surface area contributed by atoms with E-state index in [-0.39, 0.29) is 5.91 Å². The summed E-state index contributed by atoms with van der Waals surface area (Å²) in [5, 5.41) is 0. The third-order valence-corrected chi connectivity index (χ3v) is 1.34. The Balaban J connectivity index is 2.69. The first-order valence-electron chi connectivity index (χ1n) is 3.05. The van der Waals surface area contributed by atoms with E-state index in [0.29, 0.717) is 6.54 Å². The molecule has 0 aromatic heterocycles. The van der Waals surface area contributed by atoms with Crippen LogP contribution in [0.5, 0.6) is 0 Å². The van der Waals surface area contributed by atoms with Gasteiger partial charge in [0.15, 0.2) is 0 Å². The minimum atomic E-state index is -0.00935. The fourth-order valence-corrected chi connectivity index (χ4v) is 0.825. The smallest absolute Gasteiger partial charge is 0.251 e. The molecule has 0 saturated carbocycles. The molecule has 0 aliphatic carbocycles. The summed E-state index contributed by atoms with van der Waals surface area (Å²) >= 11 is 0. The van der Waals surface area contributed by atoms with Gasteiger partial charge >= 0.3 is 0 Å². The summed E-state index contributed by atoms with van der Waals surface area (Å²) < 4.78 is 0. The Kier molecular flexibility index (Phi) is 1.71. The summed E-state index contributed by atoms with van der Waals surface area (Å²) in [6, 6.07) is 0. The van der Waals surface area contributed by atoms with Gasteiger partial charge in [0.25, 0.3) is 5.91 Å². The predicted octanol–water partition coefficient (Wildman–Crippen LogP) is 1.08. The Hall–Kier alpha value is -1.31. The number of hydrogen-bond donors (Lipinski definition) is 0. The summed E-state index contributed by atoms with van der Waals surface area (Å²) in [6.07, 6.45) is 4.88. The van der Waals surface area contributed by atoms with Crippen LogP contribution in [0.3, 0.4) is 0 Å². The molecule has 0 atom stereocenters. The summed E-state index contributed by atoms with van der Waals surface area (Å²) in [5.41, 5.74) is 0.741. The monoisotopic (exact) mass is 135 g/mol. The molecule has 1 heterocycles. The maximum atomic E-state index is 10.9. The molecule has 0 aromatic carbocycles. The number of nitrogens with zero attached hydrogens (tertiary/aromatic N) is 1. The molecule has 1 amide bonds. The third-order valence-electron chi connectivity index (χ3n) is 1.34. The molecule has 0 N–H and O–H groups in total. The molecule has 0 unspecified atom stereocenters. The molecule has 1 aliphatic heterocycles. The fraction of sp³-hybridized carbons (Fsp3) is 0.125. The van der Waals surface area contributed by atoms with E-state index >= 15 is 0 Å². The van der Waals surface area contributed by atoms with E-state index in [1.165, 1.54) is 6.08 Å². The molecule has 0 saturated heterocycles. The van der Waals surface area contributed by atoms with Crippen molar-refractivity contribution in [2.75, 3.05) is 6.54 Å². The average Bonchev–Trinajstić information content (AvgIpc) is 2.20. The molecule has 2 nitrogen and oxygen atoms in total. The van der Waals surface area contributed by atoms with Gasteiger partial charge in [-0.15, -0.1) is 6.58 Å². The van der Waals surface area contributed by atoms with Crippen molar-refractivity contribution in [1.82, 2.24) is 4.90 Å². The minimum absolute atomic E-state index is 0.00935. The van der Waals surface area contributed by atoms with Crippen molar-refractivity contribution in [1.29, 1.82) is 0 Å². The van der Waals surface area contributed by atoms with Gasteiger partial charge < -0.3 is 4.90 Å². The molecule has 0 aromatic rings. The van der Waals surface area contributed by atoms with E-state index in [1.807, 2.05) is 0 Å². The number of carbonyl (C=O) groups is 1. The van der Waals surface area contributed by atoms with E-state index in [9.17, 15) is 4.79 Å². The molecule has 2 heteroatoms. The number of carbonyl (C=O) groups excluding carboxylic acids is 1. The van der Waals surface area contributed by atoms with E-state index in [1.54, 1.807) is 17.1 Å². The predicted molar refractivity (Wildman–Crippen MR) is 40.2 cm³/mol. The van der Waals surface area contributed by atoms with Gasteiger partial charge in [0.05, 0.1) is 0 Å². The highest BCUT2D eigenvalue weighted by atomic mass is 16.2. The van der Waals surface area contributed by atoms with Crippen molar-refractivity contribution >= 4 is 5.91 Å². The second-order valence-corrected chi connectivity index (χ2v) is 2.06. The molecular formula is C8H9NO. The quantitative estimate of drug-likeness (QED) is 0.519. The lowest BCUT2D eigenvalue weighted by Gasteiger charge is -2.13.